The van der Waals surface area contributed by atoms with Crippen LogP contribution in [0.1, 0.15) is 86.5 Å². The van der Waals surface area contributed by atoms with E-state index in [4.69, 9.17) is 0 Å². The summed E-state index contributed by atoms with van der Waals surface area (Å²) in [6, 6.07) is 0. The molecule has 3 saturated carbocycles. The predicted molar refractivity (Wildman–Crippen MR) is 126 cm³/mol. The van der Waals surface area contributed by atoms with Gasteiger partial charge in [-0.3, -0.25) is 0 Å². The van der Waals surface area contributed by atoms with Gasteiger partial charge in [0.1, 0.15) is 11.7 Å². The summed E-state index contributed by atoms with van der Waals surface area (Å²) in [6.45, 7) is 14.0. The highest BCUT2D eigenvalue weighted by Crippen LogP contribution is 2.67. The molecule has 2 unspecified atom stereocenters. The van der Waals surface area contributed by atoms with Crippen molar-refractivity contribution in [1.29, 1.82) is 0 Å². The summed E-state index contributed by atoms with van der Waals surface area (Å²) in [5.74, 6) is 3.37. The highest BCUT2D eigenvalue weighted by Gasteiger charge is 2.64. The number of hydrogen-bond acceptors (Lipinski definition) is 3. The molecule has 0 radical (unpaired) electrons. The number of allylic oxidation sites excluding steroid dienone is 3. The first-order valence-electron chi connectivity index (χ1n) is 12.9. The molecule has 0 aromatic heterocycles. The molecular weight excluding hydrogens is 384 g/mol. The van der Waals surface area contributed by atoms with Crippen molar-refractivity contribution >= 4 is 0 Å². The molecule has 4 rings (SSSR count). The first kappa shape index (κ1) is 23.5. The Morgan fingerprint density at radius 1 is 0.935 bits per heavy atom. The summed E-state index contributed by atoms with van der Waals surface area (Å²) in [5.41, 5.74) is 0.160. The Kier molecular flexibility index (Phi) is 6.06. The van der Waals surface area contributed by atoms with Gasteiger partial charge in [-0.25, -0.2) is 0 Å². The van der Waals surface area contributed by atoms with E-state index in [0.29, 0.717) is 41.9 Å². The average Bonchev–Trinajstić information content (AvgIpc) is 3.05. The lowest BCUT2D eigenvalue weighted by Gasteiger charge is -2.62. The zero-order chi connectivity index (χ0) is 22.8. The molecule has 0 amide bonds. The van der Waals surface area contributed by atoms with Crippen molar-refractivity contribution in [2.45, 2.75) is 104 Å². The zero-order valence-electron chi connectivity index (χ0n) is 20.6. The number of hydrogen-bond donors (Lipinski definition) is 3. The van der Waals surface area contributed by atoms with Crippen molar-refractivity contribution in [3.63, 3.8) is 0 Å². The molecule has 4 aliphatic rings. The van der Waals surface area contributed by atoms with Gasteiger partial charge in [0.05, 0.1) is 6.10 Å². The molecule has 0 aromatic rings. The van der Waals surface area contributed by atoms with Crippen molar-refractivity contribution in [3.05, 3.63) is 23.8 Å². The lowest BCUT2D eigenvalue weighted by atomic mass is 9.45. The van der Waals surface area contributed by atoms with Gasteiger partial charge in [0.15, 0.2) is 0 Å². The third-order valence-corrected chi connectivity index (χ3v) is 10.7. The van der Waals surface area contributed by atoms with Crippen LogP contribution in [-0.2, 0) is 0 Å². The van der Waals surface area contributed by atoms with Crippen LogP contribution in [0.15, 0.2) is 23.8 Å². The van der Waals surface area contributed by atoms with E-state index in [1.54, 1.807) is 0 Å². The van der Waals surface area contributed by atoms with Crippen LogP contribution in [0.4, 0.5) is 0 Å². The van der Waals surface area contributed by atoms with E-state index in [-0.39, 0.29) is 10.8 Å². The smallest absolute Gasteiger partial charge is 0.102 e. The predicted octanol–water partition coefficient (Wildman–Crippen LogP) is 5.50. The Morgan fingerprint density at radius 2 is 1.65 bits per heavy atom. The van der Waals surface area contributed by atoms with Crippen LogP contribution in [0.5, 0.6) is 0 Å². The SMILES string of the molecule is CC(C)[C@@H](C)/C=C/[C@@H](C)[C@H]1CCC2C3=C[C@H](O)[C@@]4(O)C[C@@H](O)CC[C@]4(C)C3CC[C@@]21C. The number of fused-ring (bicyclic) bond motifs is 5. The van der Waals surface area contributed by atoms with E-state index < -0.39 is 17.8 Å². The standard InChI is InChI=1S/C28H46O3/c1-17(2)18(3)7-8-19(4)22-9-10-23-21-15-25(30)28(31)16-20(29)11-14-27(28,6)24(21)12-13-26(22,23)5/h7-8,15,17-20,22-25,29-31H,9-14,16H2,1-6H3/b8-7+/t18-,19+,20-,22+,23?,24?,25-,26+,27+,28-/m0/s1. The molecule has 3 N–H and O–H groups in total. The average molecular weight is 431 g/mol. The normalized spacial score (nSPS) is 49.4. The number of rotatable bonds is 4. The maximum Gasteiger partial charge on any atom is 0.102 e. The highest BCUT2D eigenvalue weighted by atomic mass is 16.3. The Morgan fingerprint density at radius 3 is 2.32 bits per heavy atom. The van der Waals surface area contributed by atoms with Gasteiger partial charge in [0.2, 0.25) is 0 Å². The maximum atomic E-state index is 11.6. The fourth-order valence-electron chi connectivity index (χ4n) is 8.16. The Hall–Kier alpha value is -0.640. The first-order valence-corrected chi connectivity index (χ1v) is 12.9. The fourth-order valence-corrected chi connectivity index (χ4v) is 8.16. The number of aliphatic hydroxyl groups excluding tert-OH is 2. The molecule has 0 heterocycles. The van der Waals surface area contributed by atoms with Crippen LogP contribution in [-0.4, -0.2) is 33.1 Å². The lowest BCUT2D eigenvalue weighted by molar-refractivity contribution is -0.210. The molecule has 176 valence electrons. The van der Waals surface area contributed by atoms with Gasteiger partial charge in [0.25, 0.3) is 0 Å². The zero-order valence-corrected chi connectivity index (χ0v) is 20.6. The lowest BCUT2D eigenvalue weighted by Crippen LogP contribution is -2.65. The molecule has 3 heteroatoms. The minimum atomic E-state index is -1.20. The van der Waals surface area contributed by atoms with Gasteiger partial charge in [-0.2, -0.15) is 0 Å². The van der Waals surface area contributed by atoms with Gasteiger partial charge in [-0.05, 0) is 79.4 Å². The highest BCUT2D eigenvalue weighted by molar-refractivity contribution is 5.33. The van der Waals surface area contributed by atoms with Crippen LogP contribution in [0.3, 0.4) is 0 Å². The quantitative estimate of drug-likeness (QED) is 0.516. The van der Waals surface area contributed by atoms with Crippen LogP contribution >= 0.6 is 0 Å². The molecule has 0 aromatic carbocycles. The van der Waals surface area contributed by atoms with Gasteiger partial charge >= 0.3 is 0 Å². The van der Waals surface area contributed by atoms with Crippen LogP contribution < -0.4 is 0 Å². The van der Waals surface area contributed by atoms with Crippen molar-refractivity contribution in [2.24, 2.45) is 46.3 Å². The van der Waals surface area contributed by atoms with E-state index in [9.17, 15) is 15.3 Å². The van der Waals surface area contributed by atoms with Crippen molar-refractivity contribution < 1.29 is 15.3 Å². The maximum absolute atomic E-state index is 11.6. The molecule has 10 atom stereocenters. The second-order valence-corrected chi connectivity index (χ2v) is 12.5. The van der Waals surface area contributed by atoms with E-state index >= 15 is 0 Å². The van der Waals surface area contributed by atoms with Gasteiger partial charge in [-0.15, -0.1) is 0 Å². The second-order valence-electron chi connectivity index (χ2n) is 12.5. The molecule has 0 bridgehead atoms. The summed E-state index contributed by atoms with van der Waals surface area (Å²) < 4.78 is 0. The molecule has 3 nitrogen and oxygen atoms in total. The van der Waals surface area contributed by atoms with Gasteiger partial charge in [0, 0.05) is 11.8 Å². The Balaban J connectivity index is 1.61. The van der Waals surface area contributed by atoms with E-state index in [2.05, 4.69) is 53.7 Å². The minimum absolute atomic E-state index is 0.271. The topological polar surface area (TPSA) is 60.7 Å². The molecular formula is C28H46O3. The van der Waals surface area contributed by atoms with E-state index in [1.807, 2.05) is 6.08 Å². The summed E-state index contributed by atoms with van der Waals surface area (Å²) in [4.78, 5) is 0. The van der Waals surface area contributed by atoms with Crippen molar-refractivity contribution in [3.8, 4) is 0 Å². The van der Waals surface area contributed by atoms with E-state index in [0.717, 1.165) is 19.3 Å². The van der Waals surface area contributed by atoms with Crippen LogP contribution in [0.25, 0.3) is 0 Å². The van der Waals surface area contributed by atoms with Crippen molar-refractivity contribution in [2.75, 3.05) is 0 Å². The third kappa shape index (κ3) is 3.49. The monoisotopic (exact) mass is 430 g/mol. The molecule has 0 saturated heterocycles. The van der Waals surface area contributed by atoms with Crippen LogP contribution in [0.2, 0.25) is 0 Å². The Labute approximate surface area is 190 Å². The first-order chi connectivity index (χ1) is 14.4. The number of aliphatic hydroxyl groups is 3. The molecule has 31 heavy (non-hydrogen) atoms. The minimum Gasteiger partial charge on any atom is -0.393 e. The largest absolute Gasteiger partial charge is 0.393 e. The summed E-state index contributed by atoms with van der Waals surface area (Å²) >= 11 is 0. The van der Waals surface area contributed by atoms with Crippen molar-refractivity contribution in [1.82, 2.24) is 0 Å². The summed E-state index contributed by atoms with van der Waals surface area (Å²) in [6.07, 6.45) is 12.1. The fraction of sp³-hybridized carbons (Fsp3) is 0.857. The molecule has 4 aliphatic carbocycles. The van der Waals surface area contributed by atoms with Gasteiger partial charge < -0.3 is 15.3 Å². The van der Waals surface area contributed by atoms with Gasteiger partial charge in [-0.1, -0.05) is 65.3 Å². The summed E-state index contributed by atoms with van der Waals surface area (Å²) in [7, 11) is 0. The van der Waals surface area contributed by atoms with E-state index in [1.165, 1.54) is 24.8 Å². The molecule has 0 spiro atoms. The third-order valence-electron chi connectivity index (χ3n) is 10.7. The second kappa shape index (κ2) is 7.99. The summed E-state index contributed by atoms with van der Waals surface area (Å²) in [5, 5.41) is 32.9. The molecule has 0 aliphatic heterocycles. The molecule has 3 fully saturated rings. The van der Waals surface area contributed by atoms with Crippen LogP contribution in [0, 0.1) is 46.3 Å². The Bertz CT molecular complexity index is 741.